The van der Waals surface area contributed by atoms with Crippen molar-refractivity contribution in [3.8, 4) is 5.75 Å². The monoisotopic (exact) mass is 501 g/mol. The second kappa shape index (κ2) is 9.40. The molecule has 2 nitrogen and oxygen atoms in total. The summed E-state index contributed by atoms with van der Waals surface area (Å²) in [4.78, 5) is 0.398. The third-order valence-electron chi connectivity index (χ3n) is 5.32. The molecule has 34 heavy (non-hydrogen) atoms. The molecule has 0 aliphatic carbocycles. The van der Waals surface area contributed by atoms with Crippen molar-refractivity contribution in [3.05, 3.63) is 88.7 Å². The number of halogens is 7. The lowest BCUT2D eigenvalue weighted by Crippen LogP contribution is -2.22. The normalized spacial score (nSPS) is 14.1. The minimum atomic E-state index is -4.73. The van der Waals surface area contributed by atoms with Crippen LogP contribution in [0.25, 0.3) is 0 Å². The van der Waals surface area contributed by atoms with Gasteiger partial charge in [0.2, 0.25) is 0 Å². The summed E-state index contributed by atoms with van der Waals surface area (Å²) in [6.07, 6.45) is -7.67. The summed E-state index contributed by atoms with van der Waals surface area (Å²) >= 11 is 1.14. The average Bonchev–Trinajstić information content (AvgIpc) is 2.77. The number of ether oxygens (including phenoxy) is 1. The number of aryl methyl sites for hydroxylation is 1. The summed E-state index contributed by atoms with van der Waals surface area (Å²) in [7, 11) is 0. The number of fused-ring (bicyclic) bond motifs is 1. The van der Waals surface area contributed by atoms with Gasteiger partial charge in [-0.2, -0.15) is 26.3 Å². The van der Waals surface area contributed by atoms with Crippen LogP contribution in [0.1, 0.15) is 28.7 Å². The molecule has 1 aliphatic rings. The van der Waals surface area contributed by atoms with Crippen molar-refractivity contribution < 1.29 is 35.5 Å². The highest BCUT2D eigenvalue weighted by molar-refractivity contribution is 8.00. The van der Waals surface area contributed by atoms with Gasteiger partial charge in [0.1, 0.15) is 18.2 Å². The van der Waals surface area contributed by atoms with Crippen molar-refractivity contribution in [3.63, 3.8) is 0 Å². The highest BCUT2D eigenvalue weighted by Gasteiger charge is 2.35. The molecule has 0 aromatic heterocycles. The van der Waals surface area contributed by atoms with Gasteiger partial charge in [0.25, 0.3) is 0 Å². The van der Waals surface area contributed by atoms with Crippen molar-refractivity contribution >= 4 is 17.6 Å². The van der Waals surface area contributed by atoms with E-state index in [1.54, 1.807) is 24.3 Å². The minimum Gasteiger partial charge on any atom is -0.489 e. The van der Waals surface area contributed by atoms with Crippen LogP contribution in [0.2, 0.25) is 0 Å². The fraction of sp³-hybridized carbons (Fsp3) is 0.250. The maximum Gasteiger partial charge on any atom is 0.416 e. The predicted octanol–water partition coefficient (Wildman–Crippen LogP) is 7.90. The number of benzene rings is 3. The zero-order valence-corrected chi connectivity index (χ0v) is 18.3. The van der Waals surface area contributed by atoms with Crippen LogP contribution in [0.5, 0.6) is 5.75 Å². The van der Waals surface area contributed by atoms with Crippen molar-refractivity contribution in [1.82, 2.24) is 0 Å². The molecule has 180 valence electrons. The van der Waals surface area contributed by atoms with Gasteiger partial charge in [-0.25, -0.2) is 4.39 Å². The zero-order chi connectivity index (χ0) is 24.5. The quantitative estimate of drug-likeness (QED) is 0.261. The lowest BCUT2D eigenvalue weighted by atomic mass is 10.0. The van der Waals surface area contributed by atoms with E-state index in [4.69, 9.17) is 4.74 Å². The molecule has 0 fully saturated rings. The van der Waals surface area contributed by atoms with Gasteiger partial charge >= 0.3 is 12.4 Å². The SMILES string of the molecule is Fc1cccc(C(F)(F)F)c1COc1ccc2c(c1)N(Sc1cccc(C(F)(F)F)c1)CCC2. The molecule has 0 bridgehead atoms. The molecular weight excluding hydrogens is 483 g/mol. The molecule has 0 saturated heterocycles. The molecule has 4 rings (SSSR count). The summed E-state index contributed by atoms with van der Waals surface area (Å²) < 4.78 is 100. The van der Waals surface area contributed by atoms with Gasteiger partial charge in [0.05, 0.1) is 16.8 Å². The Morgan fingerprint density at radius 2 is 1.65 bits per heavy atom. The molecule has 0 spiro atoms. The van der Waals surface area contributed by atoms with Crippen LogP contribution in [-0.4, -0.2) is 6.54 Å². The number of anilines is 1. The first-order valence-corrected chi connectivity index (χ1v) is 11.0. The molecule has 3 aromatic carbocycles. The van der Waals surface area contributed by atoms with E-state index in [1.807, 2.05) is 4.31 Å². The molecule has 0 saturated carbocycles. The Hall–Kier alpha value is -2.88. The van der Waals surface area contributed by atoms with E-state index in [2.05, 4.69) is 0 Å². The van der Waals surface area contributed by atoms with Crippen molar-refractivity contribution in [1.29, 1.82) is 0 Å². The maximum absolute atomic E-state index is 14.1. The van der Waals surface area contributed by atoms with Crippen LogP contribution in [0.15, 0.2) is 65.6 Å². The van der Waals surface area contributed by atoms with Crippen LogP contribution in [0.3, 0.4) is 0 Å². The first-order chi connectivity index (χ1) is 16.0. The van der Waals surface area contributed by atoms with E-state index in [0.717, 1.165) is 60.7 Å². The molecule has 0 N–H and O–H groups in total. The maximum atomic E-state index is 14.1. The third-order valence-corrected chi connectivity index (χ3v) is 6.38. The van der Waals surface area contributed by atoms with Gasteiger partial charge in [0, 0.05) is 23.1 Å². The lowest BCUT2D eigenvalue weighted by molar-refractivity contribution is -0.139. The fourth-order valence-corrected chi connectivity index (χ4v) is 4.75. The summed E-state index contributed by atoms with van der Waals surface area (Å²) in [5.74, 6) is -0.791. The molecule has 3 aromatic rings. The van der Waals surface area contributed by atoms with E-state index < -0.39 is 41.5 Å². The van der Waals surface area contributed by atoms with E-state index in [1.165, 1.54) is 6.07 Å². The molecule has 0 amide bonds. The Labute approximate surface area is 195 Å². The summed E-state index contributed by atoms with van der Waals surface area (Å²) in [6, 6.07) is 12.7. The van der Waals surface area contributed by atoms with Crippen molar-refractivity contribution in [2.45, 2.75) is 36.7 Å². The summed E-state index contributed by atoms with van der Waals surface area (Å²) in [6.45, 7) is -0.0655. The number of alkyl halides is 6. The van der Waals surface area contributed by atoms with E-state index in [0.29, 0.717) is 17.1 Å². The van der Waals surface area contributed by atoms with Gasteiger partial charge in [-0.1, -0.05) is 18.2 Å². The minimum absolute atomic E-state index is 0.228. The van der Waals surface area contributed by atoms with Gasteiger partial charge in [-0.15, -0.1) is 0 Å². The second-order valence-corrected chi connectivity index (χ2v) is 8.76. The second-order valence-electron chi connectivity index (χ2n) is 7.67. The van der Waals surface area contributed by atoms with E-state index in [-0.39, 0.29) is 5.75 Å². The lowest BCUT2D eigenvalue weighted by Gasteiger charge is -2.30. The van der Waals surface area contributed by atoms with Crippen LogP contribution in [0.4, 0.5) is 36.4 Å². The Morgan fingerprint density at radius 3 is 2.38 bits per heavy atom. The van der Waals surface area contributed by atoms with Crippen molar-refractivity contribution in [2.75, 3.05) is 10.8 Å². The summed E-state index contributed by atoms with van der Waals surface area (Å²) in [5, 5.41) is 0. The molecular formula is C24H18F7NOS. The molecule has 0 unspecified atom stereocenters. The van der Waals surface area contributed by atoms with Gasteiger partial charge in [-0.05, 0) is 66.8 Å². The van der Waals surface area contributed by atoms with Crippen molar-refractivity contribution in [2.24, 2.45) is 0 Å². The fourth-order valence-electron chi connectivity index (χ4n) is 3.69. The zero-order valence-electron chi connectivity index (χ0n) is 17.5. The smallest absolute Gasteiger partial charge is 0.416 e. The number of nitrogens with zero attached hydrogens (tertiary/aromatic N) is 1. The standard InChI is InChI=1S/C24H18F7NOS/c25-21-8-2-7-20(24(29,30)31)19(21)14-33-17-10-9-15-4-3-11-32(22(15)13-17)34-18-6-1-5-16(12-18)23(26,27)28/h1-2,5-10,12-13H,3-4,11,14H2. The van der Waals surface area contributed by atoms with E-state index >= 15 is 0 Å². The van der Waals surface area contributed by atoms with Crippen LogP contribution in [0, 0.1) is 5.82 Å². The highest BCUT2D eigenvalue weighted by Crippen LogP contribution is 2.40. The largest absolute Gasteiger partial charge is 0.489 e. The molecule has 1 aliphatic heterocycles. The first-order valence-electron chi connectivity index (χ1n) is 10.3. The molecule has 0 atom stereocenters. The number of hydrogen-bond donors (Lipinski definition) is 0. The van der Waals surface area contributed by atoms with Crippen LogP contribution >= 0.6 is 11.9 Å². The highest BCUT2D eigenvalue weighted by atomic mass is 32.2. The van der Waals surface area contributed by atoms with Gasteiger partial charge in [0.15, 0.2) is 0 Å². The Kier molecular flexibility index (Phi) is 6.71. The average molecular weight is 501 g/mol. The topological polar surface area (TPSA) is 12.5 Å². The van der Waals surface area contributed by atoms with Crippen LogP contribution in [-0.2, 0) is 25.4 Å². The first kappa shape index (κ1) is 24.3. The third kappa shape index (κ3) is 5.43. The summed E-state index contributed by atoms with van der Waals surface area (Å²) in [5.41, 5.74) is -0.831. The number of hydrogen-bond acceptors (Lipinski definition) is 3. The van der Waals surface area contributed by atoms with Gasteiger partial charge < -0.3 is 9.04 Å². The van der Waals surface area contributed by atoms with Gasteiger partial charge in [-0.3, -0.25) is 0 Å². The van der Waals surface area contributed by atoms with Crippen LogP contribution < -0.4 is 9.04 Å². The number of rotatable bonds is 5. The van der Waals surface area contributed by atoms with E-state index in [9.17, 15) is 30.7 Å². The Balaban J connectivity index is 1.56. The Morgan fingerprint density at radius 1 is 0.882 bits per heavy atom. The molecule has 1 heterocycles. The molecule has 10 heteroatoms. The molecule has 0 radical (unpaired) electrons. The Bertz CT molecular complexity index is 1180. The predicted molar refractivity (Wildman–Crippen MR) is 115 cm³/mol.